The number of nitrogens with zero attached hydrogens (tertiary/aromatic N) is 1. The highest BCUT2D eigenvalue weighted by Gasteiger charge is 2.16. The van der Waals surface area contributed by atoms with E-state index in [-0.39, 0.29) is 36.8 Å². The van der Waals surface area contributed by atoms with E-state index >= 15 is 0 Å². The van der Waals surface area contributed by atoms with Crippen molar-refractivity contribution < 1.29 is 9.59 Å². The van der Waals surface area contributed by atoms with Gasteiger partial charge in [-0.2, -0.15) is 0 Å². The van der Waals surface area contributed by atoms with Crippen LogP contribution in [0.1, 0.15) is 33.1 Å². The van der Waals surface area contributed by atoms with E-state index in [1.54, 1.807) is 29.2 Å². The molecule has 0 aliphatic rings. The summed E-state index contributed by atoms with van der Waals surface area (Å²) in [6, 6.07) is 6.84. The largest absolute Gasteiger partial charge is 0.333 e. The number of nitrogens with one attached hydrogen (secondary N) is 1. The Labute approximate surface area is 149 Å². The first kappa shape index (κ1) is 21.7. The second-order valence-corrected chi connectivity index (χ2v) is 5.82. The Bertz CT molecular complexity index is 493. The molecule has 23 heavy (non-hydrogen) atoms. The third kappa shape index (κ3) is 8.79. The van der Waals surface area contributed by atoms with Crippen molar-refractivity contribution in [1.29, 1.82) is 0 Å². The number of carbonyl (C=O) groups excluding carboxylic acids is 2. The molecule has 0 fully saturated rings. The average molecular weight is 362 g/mol. The van der Waals surface area contributed by atoms with Crippen molar-refractivity contribution >= 4 is 41.5 Å². The van der Waals surface area contributed by atoms with Gasteiger partial charge in [0, 0.05) is 29.7 Å². The van der Waals surface area contributed by atoms with Crippen LogP contribution in [0.2, 0.25) is 5.02 Å². The maximum Gasteiger partial charge on any atom is 0.243 e. The van der Waals surface area contributed by atoms with Crippen molar-refractivity contribution in [1.82, 2.24) is 4.90 Å². The Morgan fingerprint density at radius 1 is 1.30 bits per heavy atom. The Morgan fingerprint density at radius 2 is 1.91 bits per heavy atom. The van der Waals surface area contributed by atoms with Crippen LogP contribution in [0.3, 0.4) is 0 Å². The lowest BCUT2D eigenvalue weighted by Gasteiger charge is -2.22. The Balaban J connectivity index is 0.00000484. The number of anilines is 1. The molecule has 0 spiro atoms. The van der Waals surface area contributed by atoms with Gasteiger partial charge in [0.1, 0.15) is 0 Å². The summed E-state index contributed by atoms with van der Waals surface area (Å²) < 4.78 is 0. The Hall–Kier alpha value is -1.30. The molecule has 0 saturated carbocycles. The smallest absolute Gasteiger partial charge is 0.243 e. The maximum absolute atomic E-state index is 12.1. The number of hydrogen-bond donors (Lipinski definition) is 2. The summed E-state index contributed by atoms with van der Waals surface area (Å²) in [5.41, 5.74) is 6.33. The van der Waals surface area contributed by atoms with Gasteiger partial charge in [-0.3, -0.25) is 9.59 Å². The maximum atomic E-state index is 12.1. The van der Waals surface area contributed by atoms with E-state index in [1.165, 1.54) is 0 Å². The van der Waals surface area contributed by atoms with Crippen LogP contribution in [0.4, 0.5) is 5.69 Å². The zero-order valence-corrected chi connectivity index (χ0v) is 15.1. The van der Waals surface area contributed by atoms with Gasteiger partial charge in [-0.1, -0.05) is 18.5 Å². The molecule has 1 aromatic rings. The molecule has 0 bridgehead atoms. The number of hydrogen-bond acceptors (Lipinski definition) is 3. The van der Waals surface area contributed by atoms with E-state index in [1.807, 2.05) is 13.8 Å². The Morgan fingerprint density at radius 3 is 2.43 bits per heavy atom. The van der Waals surface area contributed by atoms with E-state index in [0.29, 0.717) is 30.1 Å². The van der Waals surface area contributed by atoms with Crippen LogP contribution < -0.4 is 11.1 Å². The quantitative estimate of drug-likeness (QED) is 0.746. The van der Waals surface area contributed by atoms with Gasteiger partial charge in [0.2, 0.25) is 11.8 Å². The van der Waals surface area contributed by atoms with Crippen LogP contribution in [0.25, 0.3) is 0 Å². The summed E-state index contributed by atoms with van der Waals surface area (Å²) in [5.74, 6) is -0.254. The molecule has 0 aliphatic carbocycles. The predicted octanol–water partition coefficient (Wildman–Crippen LogP) is 3.07. The SMILES string of the molecule is CCCN(CC(=O)Nc1ccc(Cl)cc1)C(=O)CCC(C)N.Cl. The van der Waals surface area contributed by atoms with Crippen molar-refractivity contribution in [3.8, 4) is 0 Å². The van der Waals surface area contributed by atoms with E-state index < -0.39 is 0 Å². The third-order valence-electron chi connectivity index (χ3n) is 3.12. The average Bonchev–Trinajstić information content (AvgIpc) is 2.46. The first-order valence-electron chi connectivity index (χ1n) is 7.51. The molecule has 130 valence electrons. The number of carbonyl (C=O) groups is 2. The number of nitrogens with two attached hydrogens (primary N) is 1. The lowest BCUT2D eigenvalue weighted by molar-refractivity contribution is -0.134. The summed E-state index contributed by atoms with van der Waals surface area (Å²) in [4.78, 5) is 25.8. The van der Waals surface area contributed by atoms with Gasteiger partial charge in [0.05, 0.1) is 6.54 Å². The zero-order chi connectivity index (χ0) is 16.5. The van der Waals surface area contributed by atoms with Gasteiger partial charge < -0.3 is 16.0 Å². The number of amides is 2. The lowest BCUT2D eigenvalue weighted by Crippen LogP contribution is -2.39. The molecule has 0 heterocycles. The van der Waals surface area contributed by atoms with Crippen molar-refractivity contribution in [2.45, 2.75) is 39.2 Å². The van der Waals surface area contributed by atoms with Crippen LogP contribution in [-0.2, 0) is 9.59 Å². The summed E-state index contributed by atoms with van der Waals surface area (Å²) in [7, 11) is 0. The molecular formula is C16H25Cl2N3O2. The summed E-state index contributed by atoms with van der Waals surface area (Å²) in [6.45, 7) is 4.45. The number of rotatable bonds is 8. The summed E-state index contributed by atoms with van der Waals surface area (Å²) in [5, 5.41) is 3.37. The highest BCUT2D eigenvalue weighted by atomic mass is 35.5. The van der Waals surface area contributed by atoms with Gasteiger partial charge in [0.15, 0.2) is 0 Å². The standard InChI is InChI=1S/C16H24ClN3O2.ClH/c1-3-10-20(16(22)9-4-12(2)18)11-15(21)19-14-7-5-13(17)6-8-14;/h5-8,12H,3-4,9-11,18H2,1-2H3,(H,19,21);1H. The topological polar surface area (TPSA) is 75.4 Å². The molecule has 5 nitrogen and oxygen atoms in total. The minimum atomic E-state index is -0.218. The Kier molecular flexibility index (Phi) is 10.6. The fourth-order valence-corrected chi connectivity index (χ4v) is 2.10. The molecule has 1 rings (SSSR count). The van der Waals surface area contributed by atoms with Crippen LogP contribution in [-0.4, -0.2) is 35.8 Å². The van der Waals surface area contributed by atoms with Crippen molar-refractivity contribution in [3.05, 3.63) is 29.3 Å². The third-order valence-corrected chi connectivity index (χ3v) is 3.37. The lowest BCUT2D eigenvalue weighted by atomic mass is 10.2. The zero-order valence-electron chi connectivity index (χ0n) is 13.5. The summed E-state index contributed by atoms with van der Waals surface area (Å²) >= 11 is 5.80. The molecule has 3 N–H and O–H groups in total. The van der Waals surface area contributed by atoms with E-state index in [0.717, 1.165) is 6.42 Å². The van der Waals surface area contributed by atoms with Crippen molar-refractivity contribution in [3.63, 3.8) is 0 Å². The van der Waals surface area contributed by atoms with Gasteiger partial charge >= 0.3 is 0 Å². The molecule has 1 unspecified atom stereocenters. The van der Waals surface area contributed by atoms with Crippen molar-refractivity contribution in [2.75, 3.05) is 18.4 Å². The fourth-order valence-electron chi connectivity index (χ4n) is 1.98. The highest BCUT2D eigenvalue weighted by molar-refractivity contribution is 6.30. The summed E-state index contributed by atoms with van der Waals surface area (Å²) in [6.07, 6.45) is 1.79. The monoisotopic (exact) mass is 361 g/mol. The van der Waals surface area contributed by atoms with E-state index in [9.17, 15) is 9.59 Å². The normalized spacial score (nSPS) is 11.3. The molecule has 0 radical (unpaired) electrons. The van der Waals surface area contributed by atoms with E-state index in [4.69, 9.17) is 17.3 Å². The van der Waals surface area contributed by atoms with Gasteiger partial charge in [-0.25, -0.2) is 0 Å². The van der Waals surface area contributed by atoms with Crippen LogP contribution >= 0.6 is 24.0 Å². The van der Waals surface area contributed by atoms with Crippen LogP contribution in [0, 0.1) is 0 Å². The molecular weight excluding hydrogens is 337 g/mol. The van der Waals surface area contributed by atoms with Crippen molar-refractivity contribution in [2.24, 2.45) is 5.73 Å². The van der Waals surface area contributed by atoms with Gasteiger partial charge in [-0.05, 0) is 44.0 Å². The van der Waals surface area contributed by atoms with Crippen LogP contribution in [0.5, 0.6) is 0 Å². The fraction of sp³-hybridized carbons (Fsp3) is 0.500. The molecule has 1 aromatic carbocycles. The first-order valence-corrected chi connectivity index (χ1v) is 7.89. The molecule has 0 aliphatic heterocycles. The van der Waals surface area contributed by atoms with Crippen LogP contribution in [0.15, 0.2) is 24.3 Å². The second-order valence-electron chi connectivity index (χ2n) is 5.39. The second kappa shape index (κ2) is 11.3. The van der Waals surface area contributed by atoms with E-state index in [2.05, 4.69) is 5.32 Å². The van der Waals surface area contributed by atoms with Gasteiger partial charge in [0.25, 0.3) is 0 Å². The highest BCUT2D eigenvalue weighted by Crippen LogP contribution is 2.13. The number of halogens is 2. The number of benzene rings is 1. The molecule has 2 amide bonds. The van der Waals surface area contributed by atoms with Gasteiger partial charge in [-0.15, -0.1) is 12.4 Å². The minimum absolute atomic E-state index is 0. The molecule has 1 atom stereocenters. The molecule has 7 heteroatoms. The predicted molar refractivity (Wildman–Crippen MR) is 97.1 cm³/mol. The molecule has 0 aromatic heterocycles. The first-order chi connectivity index (χ1) is 10.4. The molecule has 0 saturated heterocycles. The minimum Gasteiger partial charge on any atom is -0.333 e.